The van der Waals surface area contributed by atoms with Gasteiger partial charge in [-0.15, -0.1) is 12.4 Å². The van der Waals surface area contributed by atoms with Crippen LogP contribution < -0.4 is 15.8 Å². The van der Waals surface area contributed by atoms with E-state index in [4.69, 9.17) is 26.8 Å². The van der Waals surface area contributed by atoms with Crippen molar-refractivity contribution in [3.63, 3.8) is 0 Å². The van der Waals surface area contributed by atoms with Crippen molar-refractivity contribution in [3.05, 3.63) is 23.2 Å². The standard InChI is InChI=1S/C15H23ClN2O3.ClH/c1-4-10(2)14(17)15(19)18-11-5-6-13(12(16)9-11)21-8-7-20-3;/h5-6,9-10,14H,4,7-8,17H2,1-3H3,(H,18,19);1H. The van der Waals surface area contributed by atoms with Gasteiger partial charge in [0.25, 0.3) is 0 Å². The maximum atomic E-state index is 12.0. The summed E-state index contributed by atoms with van der Waals surface area (Å²) in [4.78, 5) is 12.0. The molecular weight excluding hydrogens is 327 g/mol. The highest BCUT2D eigenvalue weighted by Crippen LogP contribution is 2.27. The molecule has 3 N–H and O–H groups in total. The fraction of sp³-hybridized carbons (Fsp3) is 0.533. The number of methoxy groups -OCH3 is 1. The molecule has 0 aromatic heterocycles. The smallest absolute Gasteiger partial charge is 0.241 e. The lowest BCUT2D eigenvalue weighted by Gasteiger charge is -2.18. The Balaban J connectivity index is 0.00000441. The largest absolute Gasteiger partial charge is 0.490 e. The van der Waals surface area contributed by atoms with E-state index < -0.39 is 6.04 Å². The van der Waals surface area contributed by atoms with Gasteiger partial charge in [-0.25, -0.2) is 0 Å². The number of carbonyl (C=O) groups excluding carboxylic acids is 1. The van der Waals surface area contributed by atoms with Crippen LogP contribution in [0.2, 0.25) is 5.02 Å². The molecule has 0 aliphatic heterocycles. The van der Waals surface area contributed by atoms with Gasteiger partial charge in [0, 0.05) is 12.8 Å². The Morgan fingerprint density at radius 3 is 2.64 bits per heavy atom. The Morgan fingerprint density at radius 1 is 1.41 bits per heavy atom. The van der Waals surface area contributed by atoms with Gasteiger partial charge in [-0.2, -0.15) is 0 Å². The highest BCUT2D eigenvalue weighted by molar-refractivity contribution is 6.32. The highest BCUT2D eigenvalue weighted by Gasteiger charge is 2.19. The number of hydrogen-bond donors (Lipinski definition) is 2. The first-order valence-electron chi connectivity index (χ1n) is 6.97. The topological polar surface area (TPSA) is 73.6 Å². The molecule has 1 aromatic carbocycles. The minimum Gasteiger partial charge on any atom is -0.490 e. The molecule has 0 saturated carbocycles. The molecule has 0 saturated heterocycles. The Labute approximate surface area is 142 Å². The van der Waals surface area contributed by atoms with Gasteiger partial charge in [0.1, 0.15) is 12.4 Å². The number of anilines is 1. The van der Waals surface area contributed by atoms with Gasteiger partial charge in [-0.05, 0) is 24.1 Å². The van der Waals surface area contributed by atoms with Crippen LogP contribution in [0.3, 0.4) is 0 Å². The molecule has 1 amide bonds. The van der Waals surface area contributed by atoms with Crippen LogP contribution in [0.4, 0.5) is 5.69 Å². The first-order valence-corrected chi connectivity index (χ1v) is 7.35. The lowest BCUT2D eigenvalue weighted by atomic mass is 9.99. The maximum Gasteiger partial charge on any atom is 0.241 e. The van der Waals surface area contributed by atoms with Gasteiger partial charge >= 0.3 is 0 Å². The average Bonchev–Trinajstić information content (AvgIpc) is 2.48. The summed E-state index contributed by atoms with van der Waals surface area (Å²) in [7, 11) is 1.60. The monoisotopic (exact) mass is 350 g/mol. The van der Waals surface area contributed by atoms with E-state index in [1.807, 2.05) is 13.8 Å². The zero-order valence-corrected chi connectivity index (χ0v) is 14.7. The van der Waals surface area contributed by atoms with Gasteiger partial charge < -0.3 is 20.5 Å². The van der Waals surface area contributed by atoms with Crippen LogP contribution in [-0.4, -0.2) is 32.3 Å². The van der Waals surface area contributed by atoms with E-state index in [1.54, 1.807) is 25.3 Å². The molecular formula is C15H24Cl2N2O3. The number of ether oxygens (including phenoxy) is 2. The molecule has 0 aliphatic carbocycles. The number of rotatable bonds is 8. The van der Waals surface area contributed by atoms with Crippen molar-refractivity contribution in [3.8, 4) is 5.75 Å². The van der Waals surface area contributed by atoms with E-state index in [9.17, 15) is 4.79 Å². The average molecular weight is 351 g/mol. The third-order valence-corrected chi connectivity index (χ3v) is 3.60. The Hall–Kier alpha value is -1.01. The fourth-order valence-electron chi connectivity index (χ4n) is 1.67. The van der Waals surface area contributed by atoms with Crippen LogP contribution in [0.1, 0.15) is 20.3 Å². The highest BCUT2D eigenvalue weighted by atomic mass is 35.5. The van der Waals surface area contributed by atoms with Crippen molar-refractivity contribution in [1.82, 2.24) is 0 Å². The van der Waals surface area contributed by atoms with Gasteiger partial charge in [0.05, 0.1) is 17.7 Å². The molecule has 0 heterocycles. The molecule has 22 heavy (non-hydrogen) atoms. The van der Waals surface area contributed by atoms with Crippen LogP contribution in [0.5, 0.6) is 5.75 Å². The molecule has 0 spiro atoms. The van der Waals surface area contributed by atoms with Crippen LogP contribution >= 0.6 is 24.0 Å². The van der Waals surface area contributed by atoms with Gasteiger partial charge in [0.15, 0.2) is 0 Å². The molecule has 1 rings (SSSR count). The van der Waals surface area contributed by atoms with Crippen molar-refractivity contribution in [2.45, 2.75) is 26.3 Å². The predicted molar refractivity (Wildman–Crippen MR) is 92.1 cm³/mol. The molecule has 5 nitrogen and oxygen atoms in total. The van der Waals surface area contributed by atoms with Gasteiger partial charge in [-0.3, -0.25) is 4.79 Å². The SMILES string of the molecule is CCC(C)C(N)C(=O)Nc1ccc(OCCOC)c(Cl)c1.Cl. The van der Waals surface area contributed by atoms with E-state index in [0.717, 1.165) is 6.42 Å². The van der Waals surface area contributed by atoms with E-state index in [-0.39, 0.29) is 24.2 Å². The molecule has 1 aromatic rings. The number of nitrogens with two attached hydrogens (primary N) is 1. The second-order valence-electron chi connectivity index (χ2n) is 4.89. The quantitative estimate of drug-likeness (QED) is 0.706. The van der Waals surface area contributed by atoms with Crippen LogP contribution in [0.25, 0.3) is 0 Å². The van der Waals surface area contributed by atoms with Crippen LogP contribution in [-0.2, 0) is 9.53 Å². The first-order chi connectivity index (χ1) is 9.99. The molecule has 0 aliphatic rings. The zero-order valence-electron chi connectivity index (χ0n) is 13.1. The van der Waals surface area contributed by atoms with Crippen molar-refractivity contribution in [1.29, 1.82) is 0 Å². The number of benzene rings is 1. The normalized spacial score (nSPS) is 13.0. The van der Waals surface area contributed by atoms with Crippen molar-refractivity contribution in [2.24, 2.45) is 11.7 Å². The Morgan fingerprint density at radius 2 is 2.09 bits per heavy atom. The molecule has 2 atom stereocenters. The molecule has 126 valence electrons. The van der Waals surface area contributed by atoms with E-state index in [2.05, 4.69) is 5.32 Å². The summed E-state index contributed by atoms with van der Waals surface area (Å²) in [5, 5.41) is 3.20. The summed E-state index contributed by atoms with van der Waals surface area (Å²) >= 11 is 6.11. The van der Waals surface area contributed by atoms with Crippen molar-refractivity contribution >= 4 is 35.6 Å². The minimum atomic E-state index is -0.536. The fourth-order valence-corrected chi connectivity index (χ4v) is 1.90. The maximum absolute atomic E-state index is 12.0. The number of amides is 1. The first kappa shape index (κ1) is 21.0. The van der Waals surface area contributed by atoms with Crippen molar-refractivity contribution < 1.29 is 14.3 Å². The predicted octanol–water partition coefficient (Wildman–Crippen LogP) is 3.10. The Kier molecular flexibility index (Phi) is 10.2. The van der Waals surface area contributed by atoms with E-state index >= 15 is 0 Å². The van der Waals surface area contributed by atoms with Gasteiger partial charge in [0.2, 0.25) is 5.91 Å². The number of nitrogens with one attached hydrogen (secondary N) is 1. The molecule has 7 heteroatoms. The summed E-state index contributed by atoms with van der Waals surface area (Å²) in [5.74, 6) is 0.462. The van der Waals surface area contributed by atoms with Crippen LogP contribution in [0, 0.1) is 5.92 Å². The number of carbonyl (C=O) groups is 1. The summed E-state index contributed by atoms with van der Waals surface area (Å²) in [5.41, 5.74) is 6.48. The molecule has 0 radical (unpaired) electrons. The Bertz CT molecular complexity index is 472. The second kappa shape index (κ2) is 10.7. The van der Waals surface area contributed by atoms with E-state index in [0.29, 0.717) is 29.7 Å². The molecule has 2 unspecified atom stereocenters. The van der Waals surface area contributed by atoms with Crippen LogP contribution in [0.15, 0.2) is 18.2 Å². The third-order valence-electron chi connectivity index (χ3n) is 3.30. The van der Waals surface area contributed by atoms with Crippen molar-refractivity contribution in [2.75, 3.05) is 25.6 Å². The third kappa shape index (κ3) is 6.40. The minimum absolute atomic E-state index is 0. The number of halogens is 2. The lowest BCUT2D eigenvalue weighted by Crippen LogP contribution is -2.40. The summed E-state index contributed by atoms with van der Waals surface area (Å²) in [6, 6.07) is 4.55. The zero-order chi connectivity index (χ0) is 15.8. The summed E-state index contributed by atoms with van der Waals surface area (Å²) in [6.45, 7) is 4.85. The second-order valence-corrected chi connectivity index (χ2v) is 5.29. The lowest BCUT2D eigenvalue weighted by molar-refractivity contribution is -0.118. The number of hydrogen-bond acceptors (Lipinski definition) is 4. The summed E-state index contributed by atoms with van der Waals surface area (Å²) < 4.78 is 10.3. The molecule has 0 bridgehead atoms. The summed E-state index contributed by atoms with van der Waals surface area (Å²) in [6.07, 6.45) is 0.849. The van der Waals surface area contributed by atoms with Gasteiger partial charge in [-0.1, -0.05) is 31.9 Å². The molecule has 0 fully saturated rings. The van der Waals surface area contributed by atoms with E-state index in [1.165, 1.54) is 0 Å².